The second-order valence-electron chi connectivity index (χ2n) is 5.05. The molecule has 1 aromatic heterocycles. The van der Waals surface area contributed by atoms with Crippen LogP contribution in [-0.4, -0.2) is 34.9 Å². The number of ether oxygens (including phenoxy) is 3. The van der Waals surface area contributed by atoms with Crippen LogP contribution in [0.4, 0.5) is 0 Å². The average Bonchev–Trinajstić information content (AvgIpc) is 2.34. The standard InChI is InChI=1S/C14H21ClN2O3/c1-4-18-8-13-16-12(15)7-14(17-13)20-11-5-9(2)19-10(3)6-11/h7,9-11H,4-6,8H2,1-3H3. The molecule has 0 spiro atoms. The van der Waals surface area contributed by atoms with Crippen LogP contribution >= 0.6 is 11.6 Å². The number of rotatable bonds is 5. The molecule has 2 unspecified atom stereocenters. The Hall–Kier alpha value is -0.910. The maximum Gasteiger partial charge on any atom is 0.218 e. The molecule has 0 radical (unpaired) electrons. The highest BCUT2D eigenvalue weighted by molar-refractivity contribution is 6.29. The molecule has 112 valence electrons. The third-order valence-corrected chi connectivity index (χ3v) is 3.29. The summed E-state index contributed by atoms with van der Waals surface area (Å²) in [7, 11) is 0. The van der Waals surface area contributed by atoms with Gasteiger partial charge in [0.2, 0.25) is 5.88 Å². The highest BCUT2D eigenvalue weighted by Crippen LogP contribution is 2.24. The third-order valence-electron chi connectivity index (χ3n) is 3.09. The Morgan fingerprint density at radius 3 is 2.65 bits per heavy atom. The molecule has 6 heteroatoms. The van der Waals surface area contributed by atoms with Gasteiger partial charge in [-0.05, 0) is 20.8 Å². The third kappa shape index (κ3) is 4.58. The smallest absolute Gasteiger partial charge is 0.218 e. The Kier molecular flexibility index (Phi) is 5.57. The van der Waals surface area contributed by atoms with Gasteiger partial charge in [0.05, 0.1) is 12.2 Å². The first kappa shape index (κ1) is 15.5. The second kappa shape index (κ2) is 7.20. The van der Waals surface area contributed by atoms with E-state index in [0.29, 0.717) is 30.1 Å². The topological polar surface area (TPSA) is 53.5 Å². The van der Waals surface area contributed by atoms with Gasteiger partial charge in [-0.1, -0.05) is 11.6 Å². The van der Waals surface area contributed by atoms with Crippen LogP contribution in [0, 0.1) is 0 Å². The monoisotopic (exact) mass is 300 g/mol. The molecule has 1 fully saturated rings. The van der Waals surface area contributed by atoms with Crippen LogP contribution < -0.4 is 4.74 Å². The van der Waals surface area contributed by atoms with Crippen molar-refractivity contribution in [2.45, 2.75) is 58.5 Å². The van der Waals surface area contributed by atoms with E-state index < -0.39 is 0 Å². The van der Waals surface area contributed by atoms with Crippen LogP contribution in [0.1, 0.15) is 39.4 Å². The zero-order valence-corrected chi connectivity index (χ0v) is 12.9. The van der Waals surface area contributed by atoms with E-state index in [4.69, 9.17) is 25.8 Å². The molecule has 0 aliphatic carbocycles. The molecule has 0 amide bonds. The van der Waals surface area contributed by atoms with Gasteiger partial charge in [-0.15, -0.1) is 0 Å². The Morgan fingerprint density at radius 2 is 2.00 bits per heavy atom. The first-order chi connectivity index (χ1) is 9.56. The molecule has 20 heavy (non-hydrogen) atoms. The molecular formula is C14H21ClN2O3. The van der Waals surface area contributed by atoms with Gasteiger partial charge >= 0.3 is 0 Å². The Bertz CT molecular complexity index is 434. The van der Waals surface area contributed by atoms with Crippen molar-refractivity contribution in [2.24, 2.45) is 0 Å². The molecule has 0 N–H and O–H groups in total. The summed E-state index contributed by atoms with van der Waals surface area (Å²) in [6, 6.07) is 1.64. The fraction of sp³-hybridized carbons (Fsp3) is 0.714. The van der Waals surface area contributed by atoms with Crippen molar-refractivity contribution in [3.63, 3.8) is 0 Å². The molecule has 1 aromatic rings. The van der Waals surface area contributed by atoms with Gasteiger partial charge in [-0.3, -0.25) is 0 Å². The minimum absolute atomic E-state index is 0.0969. The molecule has 5 nitrogen and oxygen atoms in total. The average molecular weight is 301 g/mol. The van der Waals surface area contributed by atoms with Crippen molar-refractivity contribution in [3.8, 4) is 5.88 Å². The summed E-state index contributed by atoms with van der Waals surface area (Å²) < 4.78 is 16.9. The van der Waals surface area contributed by atoms with Crippen LogP contribution in [0.15, 0.2) is 6.07 Å². The van der Waals surface area contributed by atoms with E-state index in [-0.39, 0.29) is 18.3 Å². The minimum Gasteiger partial charge on any atom is -0.474 e. The Balaban J connectivity index is 2.02. The van der Waals surface area contributed by atoms with E-state index >= 15 is 0 Å². The van der Waals surface area contributed by atoms with Crippen molar-refractivity contribution in [3.05, 3.63) is 17.0 Å². The van der Waals surface area contributed by atoms with Gasteiger partial charge in [-0.2, -0.15) is 4.98 Å². The largest absolute Gasteiger partial charge is 0.474 e. The molecule has 1 saturated heterocycles. The molecule has 0 saturated carbocycles. The normalized spacial score (nSPS) is 26.5. The highest BCUT2D eigenvalue weighted by atomic mass is 35.5. The SMILES string of the molecule is CCOCc1nc(Cl)cc(OC2CC(C)OC(C)C2)n1. The lowest BCUT2D eigenvalue weighted by molar-refractivity contribution is -0.0730. The van der Waals surface area contributed by atoms with Crippen LogP contribution in [0.5, 0.6) is 5.88 Å². The number of nitrogens with zero attached hydrogens (tertiary/aromatic N) is 2. The van der Waals surface area contributed by atoms with Crippen molar-refractivity contribution >= 4 is 11.6 Å². The summed E-state index contributed by atoms with van der Waals surface area (Å²) in [5.41, 5.74) is 0. The molecular weight excluding hydrogens is 280 g/mol. The van der Waals surface area contributed by atoms with Crippen LogP contribution in [0.2, 0.25) is 5.15 Å². The molecule has 0 bridgehead atoms. The fourth-order valence-electron chi connectivity index (χ4n) is 2.37. The van der Waals surface area contributed by atoms with Gasteiger partial charge in [0, 0.05) is 25.5 Å². The first-order valence-corrected chi connectivity index (χ1v) is 7.38. The molecule has 1 aliphatic heterocycles. The second-order valence-corrected chi connectivity index (χ2v) is 5.44. The van der Waals surface area contributed by atoms with E-state index in [9.17, 15) is 0 Å². The molecule has 0 aromatic carbocycles. The van der Waals surface area contributed by atoms with Crippen molar-refractivity contribution in [2.75, 3.05) is 6.61 Å². The summed E-state index contributed by atoms with van der Waals surface area (Å²) in [6.07, 6.45) is 2.20. The summed E-state index contributed by atoms with van der Waals surface area (Å²) in [6.45, 7) is 6.99. The van der Waals surface area contributed by atoms with E-state index in [0.717, 1.165) is 12.8 Å². The lowest BCUT2D eigenvalue weighted by Crippen LogP contribution is -2.35. The quantitative estimate of drug-likeness (QED) is 0.782. The van der Waals surface area contributed by atoms with E-state index in [2.05, 4.69) is 23.8 Å². The zero-order chi connectivity index (χ0) is 14.5. The summed E-state index contributed by atoms with van der Waals surface area (Å²) in [5.74, 6) is 1.05. The lowest BCUT2D eigenvalue weighted by Gasteiger charge is -2.31. The minimum atomic E-state index is 0.0969. The Morgan fingerprint density at radius 1 is 1.30 bits per heavy atom. The maximum atomic E-state index is 5.99. The first-order valence-electron chi connectivity index (χ1n) is 7.00. The van der Waals surface area contributed by atoms with Gasteiger partial charge in [0.1, 0.15) is 17.9 Å². The summed E-state index contributed by atoms with van der Waals surface area (Å²) >= 11 is 5.99. The lowest BCUT2D eigenvalue weighted by atomic mass is 10.0. The van der Waals surface area contributed by atoms with Gasteiger partial charge < -0.3 is 14.2 Å². The molecule has 2 rings (SSSR count). The number of hydrogen-bond donors (Lipinski definition) is 0. The van der Waals surface area contributed by atoms with Crippen LogP contribution in [0.25, 0.3) is 0 Å². The molecule has 1 aliphatic rings. The van der Waals surface area contributed by atoms with Gasteiger partial charge in [-0.25, -0.2) is 4.98 Å². The predicted molar refractivity (Wildman–Crippen MR) is 76.0 cm³/mol. The maximum absolute atomic E-state index is 5.99. The summed E-state index contributed by atoms with van der Waals surface area (Å²) in [5, 5.41) is 0.373. The Labute approximate surface area is 124 Å². The van der Waals surface area contributed by atoms with Crippen LogP contribution in [0.3, 0.4) is 0 Å². The highest BCUT2D eigenvalue weighted by Gasteiger charge is 2.26. The van der Waals surface area contributed by atoms with E-state index in [1.807, 2.05) is 6.92 Å². The van der Waals surface area contributed by atoms with E-state index in [1.165, 1.54) is 0 Å². The van der Waals surface area contributed by atoms with Crippen LogP contribution in [-0.2, 0) is 16.1 Å². The van der Waals surface area contributed by atoms with Crippen molar-refractivity contribution in [1.82, 2.24) is 9.97 Å². The number of hydrogen-bond acceptors (Lipinski definition) is 5. The molecule has 2 atom stereocenters. The zero-order valence-electron chi connectivity index (χ0n) is 12.1. The molecule has 2 heterocycles. The predicted octanol–water partition coefficient (Wildman–Crippen LogP) is 3.00. The van der Waals surface area contributed by atoms with Gasteiger partial charge in [0.25, 0.3) is 0 Å². The van der Waals surface area contributed by atoms with Gasteiger partial charge in [0.15, 0.2) is 5.82 Å². The fourth-order valence-corrected chi connectivity index (χ4v) is 2.56. The number of halogens is 1. The summed E-state index contributed by atoms with van der Waals surface area (Å²) in [4.78, 5) is 8.45. The van der Waals surface area contributed by atoms with Crippen molar-refractivity contribution < 1.29 is 14.2 Å². The number of aromatic nitrogens is 2. The van der Waals surface area contributed by atoms with Crippen molar-refractivity contribution in [1.29, 1.82) is 0 Å². The van der Waals surface area contributed by atoms with E-state index in [1.54, 1.807) is 6.07 Å².